The van der Waals surface area contributed by atoms with E-state index in [1.165, 1.54) is 0 Å². The first-order chi connectivity index (χ1) is 5.90. The predicted molar refractivity (Wildman–Crippen MR) is 53.9 cm³/mol. The zero-order valence-electron chi connectivity index (χ0n) is 9.13. The van der Waals surface area contributed by atoms with E-state index in [1.807, 2.05) is 7.05 Å². The summed E-state index contributed by atoms with van der Waals surface area (Å²) in [6.07, 6.45) is 2.08. The molecule has 0 saturated carbocycles. The Labute approximate surface area is 80.7 Å². The van der Waals surface area contributed by atoms with E-state index in [4.69, 9.17) is 5.11 Å². The second kappa shape index (κ2) is 5.22. The summed E-state index contributed by atoms with van der Waals surface area (Å²) in [7, 11) is 2.05. The minimum absolute atomic E-state index is 0.179. The standard InChI is InChI=1S/C10H21NO2/c1-5-10(2,3)11(4)8-6-7-9(12)13/h5-8H2,1-4H3,(H,12,13). The molecule has 0 unspecified atom stereocenters. The molecule has 0 heterocycles. The van der Waals surface area contributed by atoms with Crippen LogP contribution in [0, 0.1) is 0 Å². The summed E-state index contributed by atoms with van der Waals surface area (Å²) in [6.45, 7) is 7.35. The van der Waals surface area contributed by atoms with Crippen molar-refractivity contribution in [3.05, 3.63) is 0 Å². The van der Waals surface area contributed by atoms with Crippen LogP contribution in [0.15, 0.2) is 0 Å². The summed E-state index contributed by atoms with van der Waals surface area (Å²) < 4.78 is 0. The van der Waals surface area contributed by atoms with Crippen molar-refractivity contribution in [3.63, 3.8) is 0 Å². The molecule has 0 radical (unpaired) electrons. The second-order valence-corrected chi connectivity index (χ2v) is 4.08. The Morgan fingerprint density at radius 3 is 2.38 bits per heavy atom. The van der Waals surface area contributed by atoms with Crippen LogP contribution in [-0.4, -0.2) is 35.1 Å². The van der Waals surface area contributed by atoms with Gasteiger partial charge in [-0.05, 0) is 40.3 Å². The second-order valence-electron chi connectivity index (χ2n) is 4.08. The maximum atomic E-state index is 10.3. The third-order valence-electron chi connectivity index (χ3n) is 2.78. The lowest BCUT2D eigenvalue weighted by molar-refractivity contribution is -0.137. The molecule has 1 N–H and O–H groups in total. The first-order valence-corrected chi connectivity index (χ1v) is 4.83. The number of carboxylic acids is 1. The highest BCUT2D eigenvalue weighted by atomic mass is 16.4. The number of nitrogens with zero attached hydrogens (tertiary/aromatic N) is 1. The van der Waals surface area contributed by atoms with Gasteiger partial charge in [-0.2, -0.15) is 0 Å². The zero-order valence-corrected chi connectivity index (χ0v) is 9.13. The summed E-state index contributed by atoms with van der Waals surface area (Å²) in [5.41, 5.74) is 0.179. The van der Waals surface area contributed by atoms with Crippen LogP contribution in [-0.2, 0) is 4.79 Å². The number of carboxylic acid groups (broad SMARTS) is 1. The van der Waals surface area contributed by atoms with Gasteiger partial charge in [0, 0.05) is 12.0 Å². The van der Waals surface area contributed by atoms with Crippen LogP contribution in [0.3, 0.4) is 0 Å². The monoisotopic (exact) mass is 187 g/mol. The van der Waals surface area contributed by atoms with Crippen LogP contribution in [0.4, 0.5) is 0 Å². The Bertz CT molecular complexity index is 166. The fraction of sp³-hybridized carbons (Fsp3) is 0.900. The largest absolute Gasteiger partial charge is 0.481 e. The van der Waals surface area contributed by atoms with Crippen LogP contribution in [0.5, 0.6) is 0 Å². The fourth-order valence-corrected chi connectivity index (χ4v) is 1.04. The Hall–Kier alpha value is -0.570. The van der Waals surface area contributed by atoms with Crippen molar-refractivity contribution in [2.75, 3.05) is 13.6 Å². The van der Waals surface area contributed by atoms with Gasteiger partial charge in [0.05, 0.1) is 0 Å². The lowest BCUT2D eigenvalue weighted by atomic mass is 10.00. The maximum Gasteiger partial charge on any atom is 0.303 e. The summed E-state index contributed by atoms with van der Waals surface area (Å²) >= 11 is 0. The number of aliphatic carboxylic acids is 1. The van der Waals surface area contributed by atoms with Gasteiger partial charge in [0.25, 0.3) is 0 Å². The van der Waals surface area contributed by atoms with Gasteiger partial charge in [-0.15, -0.1) is 0 Å². The lowest BCUT2D eigenvalue weighted by Gasteiger charge is -2.34. The lowest BCUT2D eigenvalue weighted by Crippen LogP contribution is -2.41. The first-order valence-electron chi connectivity index (χ1n) is 4.83. The zero-order chi connectivity index (χ0) is 10.5. The van der Waals surface area contributed by atoms with E-state index in [2.05, 4.69) is 25.7 Å². The Kier molecular flexibility index (Phi) is 4.99. The minimum atomic E-state index is -0.706. The van der Waals surface area contributed by atoms with Crippen molar-refractivity contribution in [2.45, 2.75) is 45.6 Å². The highest BCUT2D eigenvalue weighted by Gasteiger charge is 2.20. The van der Waals surface area contributed by atoms with Crippen LogP contribution >= 0.6 is 0 Å². The van der Waals surface area contributed by atoms with Crippen LogP contribution in [0.2, 0.25) is 0 Å². The normalized spacial score (nSPS) is 12.1. The molecule has 0 aromatic carbocycles. The molecular formula is C10H21NO2. The van der Waals surface area contributed by atoms with Crippen molar-refractivity contribution < 1.29 is 9.90 Å². The van der Waals surface area contributed by atoms with Crippen molar-refractivity contribution in [3.8, 4) is 0 Å². The molecule has 0 aliphatic rings. The quantitative estimate of drug-likeness (QED) is 0.691. The molecule has 0 atom stereocenters. The molecule has 0 aliphatic carbocycles. The minimum Gasteiger partial charge on any atom is -0.481 e. The van der Waals surface area contributed by atoms with E-state index in [0.29, 0.717) is 0 Å². The molecule has 0 bridgehead atoms. The van der Waals surface area contributed by atoms with Gasteiger partial charge in [0.1, 0.15) is 0 Å². The van der Waals surface area contributed by atoms with Crippen LogP contribution in [0.1, 0.15) is 40.0 Å². The van der Waals surface area contributed by atoms with Gasteiger partial charge < -0.3 is 10.0 Å². The molecule has 0 saturated heterocycles. The predicted octanol–water partition coefficient (Wildman–Crippen LogP) is 1.97. The molecule has 0 spiro atoms. The summed E-state index contributed by atoms with van der Waals surface area (Å²) in [6, 6.07) is 0. The van der Waals surface area contributed by atoms with Gasteiger partial charge in [-0.1, -0.05) is 6.92 Å². The van der Waals surface area contributed by atoms with Gasteiger partial charge in [-0.3, -0.25) is 4.79 Å². The highest BCUT2D eigenvalue weighted by molar-refractivity contribution is 5.66. The van der Waals surface area contributed by atoms with E-state index in [0.717, 1.165) is 19.4 Å². The molecule has 0 amide bonds. The van der Waals surface area contributed by atoms with Gasteiger partial charge in [0.15, 0.2) is 0 Å². The average Bonchev–Trinajstić information content (AvgIpc) is 2.03. The molecule has 78 valence electrons. The van der Waals surface area contributed by atoms with Crippen molar-refractivity contribution >= 4 is 5.97 Å². The van der Waals surface area contributed by atoms with Crippen molar-refractivity contribution in [1.29, 1.82) is 0 Å². The van der Waals surface area contributed by atoms with E-state index in [9.17, 15) is 4.79 Å². The number of hydrogen-bond donors (Lipinski definition) is 1. The maximum absolute atomic E-state index is 10.3. The third-order valence-corrected chi connectivity index (χ3v) is 2.78. The molecule has 3 nitrogen and oxygen atoms in total. The van der Waals surface area contributed by atoms with Crippen LogP contribution < -0.4 is 0 Å². The van der Waals surface area contributed by atoms with Crippen molar-refractivity contribution in [1.82, 2.24) is 4.90 Å². The molecule has 0 fully saturated rings. The SMILES string of the molecule is CCC(C)(C)N(C)CCCC(=O)O. The number of carbonyl (C=O) groups is 1. The Morgan fingerprint density at radius 2 is 2.00 bits per heavy atom. The number of hydrogen-bond acceptors (Lipinski definition) is 2. The Balaban J connectivity index is 3.74. The molecule has 3 heteroatoms. The Morgan fingerprint density at radius 1 is 1.46 bits per heavy atom. The van der Waals surface area contributed by atoms with E-state index < -0.39 is 5.97 Å². The number of rotatable bonds is 6. The first kappa shape index (κ1) is 12.4. The molecule has 13 heavy (non-hydrogen) atoms. The molecular weight excluding hydrogens is 166 g/mol. The van der Waals surface area contributed by atoms with Gasteiger partial charge >= 0.3 is 5.97 Å². The molecule has 0 aromatic heterocycles. The van der Waals surface area contributed by atoms with E-state index >= 15 is 0 Å². The summed E-state index contributed by atoms with van der Waals surface area (Å²) in [5, 5.41) is 8.47. The molecule has 0 rings (SSSR count). The van der Waals surface area contributed by atoms with Crippen LogP contribution in [0.25, 0.3) is 0 Å². The topological polar surface area (TPSA) is 40.5 Å². The summed E-state index contributed by atoms with van der Waals surface area (Å²) in [5.74, 6) is -0.706. The molecule has 0 aliphatic heterocycles. The third kappa shape index (κ3) is 4.88. The van der Waals surface area contributed by atoms with E-state index in [-0.39, 0.29) is 12.0 Å². The average molecular weight is 187 g/mol. The van der Waals surface area contributed by atoms with Gasteiger partial charge in [-0.25, -0.2) is 0 Å². The van der Waals surface area contributed by atoms with Gasteiger partial charge in [0.2, 0.25) is 0 Å². The smallest absolute Gasteiger partial charge is 0.303 e. The fourth-order valence-electron chi connectivity index (χ4n) is 1.04. The summed E-state index contributed by atoms with van der Waals surface area (Å²) in [4.78, 5) is 12.5. The molecule has 0 aromatic rings. The highest BCUT2D eigenvalue weighted by Crippen LogP contribution is 2.16. The van der Waals surface area contributed by atoms with E-state index in [1.54, 1.807) is 0 Å². The van der Waals surface area contributed by atoms with Crippen molar-refractivity contribution in [2.24, 2.45) is 0 Å².